The highest BCUT2D eigenvalue weighted by atomic mass is 32.1. The monoisotopic (exact) mass is 281 g/mol. The van der Waals surface area contributed by atoms with Gasteiger partial charge in [0.2, 0.25) is 5.91 Å². The van der Waals surface area contributed by atoms with Gasteiger partial charge in [-0.25, -0.2) is 0 Å². The summed E-state index contributed by atoms with van der Waals surface area (Å²) in [5, 5.41) is 13.2. The number of thiophene rings is 1. The van der Waals surface area contributed by atoms with E-state index in [4.69, 9.17) is 5.11 Å². The van der Waals surface area contributed by atoms with E-state index >= 15 is 0 Å². The Labute approximate surface area is 117 Å². The zero-order valence-corrected chi connectivity index (χ0v) is 12.1. The highest BCUT2D eigenvalue weighted by Gasteiger charge is 2.36. The van der Waals surface area contributed by atoms with Crippen molar-refractivity contribution >= 4 is 23.2 Å². The molecule has 1 atom stereocenters. The molecule has 5 heteroatoms. The SMILES string of the molecule is CC(C)(CC(=O)N1CCCC1c1ccsc1)C(=O)O. The van der Waals surface area contributed by atoms with Crippen LogP contribution in [0, 0.1) is 5.41 Å². The Hall–Kier alpha value is -1.36. The third-order valence-electron chi connectivity index (χ3n) is 3.67. The number of carboxylic acid groups (broad SMARTS) is 1. The molecular weight excluding hydrogens is 262 g/mol. The molecular formula is C14H19NO3S. The summed E-state index contributed by atoms with van der Waals surface area (Å²) in [6, 6.07) is 2.17. The van der Waals surface area contributed by atoms with Gasteiger partial charge >= 0.3 is 5.97 Å². The number of likely N-dealkylation sites (tertiary alicyclic amines) is 1. The summed E-state index contributed by atoms with van der Waals surface area (Å²) in [5.41, 5.74) is 0.169. The van der Waals surface area contributed by atoms with Crippen molar-refractivity contribution < 1.29 is 14.7 Å². The Balaban J connectivity index is 2.08. The molecule has 19 heavy (non-hydrogen) atoms. The average Bonchev–Trinajstić information content (AvgIpc) is 2.99. The molecule has 1 amide bonds. The highest BCUT2D eigenvalue weighted by Crippen LogP contribution is 2.35. The van der Waals surface area contributed by atoms with Crippen LogP contribution in [-0.2, 0) is 9.59 Å². The Morgan fingerprint density at radius 1 is 1.53 bits per heavy atom. The molecule has 1 aliphatic rings. The first-order chi connectivity index (χ1) is 8.92. The van der Waals surface area contributed by atoms with Gasteiger partial charge in [0.25, 0.3) is 0 Å². The van der Waals surface area contributed by atoms with E-state index < -0.39 is 11.4 Å². The molecule has 0 saturated carbocycles. The van der Waals surface area contributed by atoms with Crippen molar-refractivity contribution in [1.82, 2.24) is 4.90 Å². The van der Waals surface area contributed by atoms with Gasteiger partial charge in [0.05, 0.1) is 11.5 Å². The van der Waals surface area contributed by atoms with Crippen LogP contribution in [0.1, 0.15) is 44.7 Å². The van der Waals surface area contributed by atoms with Gasteiger partial charge in [0.15, 0.2) is 0 Å². The number of carbonyl (C=O) groups excluding carboxylic acids is 1. The number of carboxylic acids is 1. The van der Waals surface area contributed by atoms with Crippen molar-refractivity contribution in [3.63, 3.8) is 0 Å². The van der Waals surface area contributed by atoms with Crippen LogP contribution in [0.2, 0.25) is 0 Å². The normalized spacial score (nSPS) is 19.7. The van der Waals surface area contributed by atoms with E-state index in [1.807, 2.05) is 16.3 Å². The predicted octanol–water partition coefficient (Wildman–Crippen LogP) is 2.91. The molecule has 104 valence electrons. The third kappa shape index (κ3) is 2.97. The van der Waals surface area contributed by atoms with Crippen molar-refractivity contribution in [1.29, 1.82) is 0 Å². The maximum absolute atomic E-state index is 12.3. The summed E-state index contributed by atoms with van der Waals surface area (Å²) in [7, 11) is 0. The lowest BCUT2D eigenvalue weighted by Gasteiger charge is -2.27. The minimum Gasteiger partial charge on any atom is -0.481 e. The molecule has 0 aliphatic carbocycles. The van der Waals surface area contributed by atoms with Crippen LogP contribution < -0.4 is 0 Å². The van der Waals surface area contributed by atoms with Crippen LogP contribution in [0.4, 0.5) is 0 Å². The van der Waals surface area contributed by atoms with Crippen LogP contribution >= 0.6 is 11.3 Å². The molecule has 0 aromatic carbocycles. The molecule has 1 aromatic rings. The second kappa shape index (κ2) is 5.33. The van der Waals surface area contributed by atoms with Crippen molar-refractivity contribution in [3.8, 4) is 0 Å². The molecule has 1 fully saturated rings. The van der Waals surface area contributed by atoms with Crippen molar-refractivity contribution in [2.45, 2.75) is 39.2 Å². The van der Waals surface area contributed by atoms with Crippen molar-refractivity contribution in [3.05, 3.63) is 22.4 Å². The summed E-state index contributed by atoms with van der Waals surface area (Å²) in [6.07, 6.45) is 2.01. The smallest absolute Gasteiger partial charge is 0.309 e. The molecule has 0 radical (unpaired) electrons. The molecule has 0 spiro atoms. The Morgan fingerprint density at radius 2 is 2.26 bits per heavy atom. The molecule has 1 aliphatic heterocycles. The van der Waals surface area contributed by atoms with Crippen LogP contribution in [0.3, 0.4) is 0 Å². The largest absolute Gasteiger partial charge is 0.481 e. The van der Waals surface area contributed by atoms with Crippen LogP contribution in [0.25, 0.3) is 0 Å². The van der Waals surface area contributed by atoms with E-state index in [0.717, 1.165) is 19.4 Å². The van der Waals surface area contributed by atoms with Gasteiger partial charge in [-0.05, 0) is 49.1 Å². The Bertz CT molecular complexity index is 467. The fourth-order valence-corrected chi connectivity index (χ4v) is 3.14. The van der Waals surface area contributed by atoms with Crippen LogP contribution in [0.15, 0.2) is 16.8 Å². The first-order valence-electron chi connectivity index (χ1n) is 6.47. The third-order valence-corrected chi connectivity index (χ3v) is 4.37. The maximum atomic E-state index is 12.3. The maximum Gasteiger partial charge on any atom is 0.309 e. The second-order valence-electron chi connectivity index (χ2n) is 5.67. The number of hydrogen-bond donors (Lipinski definition) is 1. The summed E-state index contributed by atoms with van der Waals surface area (Å²) < 4.78 is 0. The number of rotatable bonds is 4. The molecule has 0 bridgehead atoms. The lowest BCUT2D eigenvalue weighted by Crippen LogP contribution is -2.36. The second-order valence-corrected chi connectivity index (χ2v) is 6.45. The molecule has 1 N–H and O–H groups in total. The topological polar surface area (TPSA) is 57.6 Å². The highest BCUT2D eigenvalue weighted by molar-refractivity contribution is 7.07. The first kappa shape index (κ1) is 14.1. The number of aliphatic carboxylic acids is 1. The van der Waals surface area contributed by atoms with E-state index in [-0.39, 0.29) is 18.4 Å². The van der Waals surface area contributed by atoms with Crippen LogP contribution in [-0.4, -0.2) is 28.4 Å². The van der Waals surface area contributed by atoms with E-state index in [2.05, 4.69) is 5.38 Å². The fraction of sp³-hybridized carbons (Fsp3) is 0.571. The summed E-state index contributed by atoms with van der Waals surface area (Å²) in [4.78, 5) is 25.3. The number of amides is 1. The standard InChI is InChI=1S/C14H19NO3S/c1-14(2,13(17)18)8-12(16)15-6-3-4-11(15)10-5-7-19-9-10/h5,7,9,11H,3-4,6,8H2,1-2H3,(H,17,18). The molecule has 1 unspecified atom stereocenters. The number of nitrogens with zero attached hydrogens (tertiary/aromatic N) is 1. The average molecular weight is 281 g/mol. The van der Waals surface area contributed by atoms with Gasteiger partial charge in [0, 0.05) is 13.0 Å². The zero-order chi connectivity index (χ0) is 14.0. The van der Waals surface area contributed by atoms with Crippen LogP contribution in [0.5, 0.6) is 0 Å². The lowest BCUT2D eigenvalue weighted by molar-refractivity contribution is -0.151. The summed E-state index contributed by atoms with van der Waals surface area (Å²) in [6.45, 7) is 3.93. The number of carbonyl (C=O) groups is 2. The van der Waals surface area contributed by atoms with Gasteiger partial charge in [0.1, 0.15) is 0 Å². The van der Waals surface area contributed by atoms with Gasteiger partial charge in [-0.15, -0.1) is 0 Å². The van der Waals surface area contributed by atoms with E-state index in [1.54, 1.807) is 25.2 Å². The van der Waals surface area contributed by atoms with E-state index in [9.17, 15) is 9.59 Å². The van der Waals surface area contributed by atoms with Gasteiger partial charge in [-0.1, -0.05) is 0 Å². The van der Waals surface area contributed by atoms with Crippen molar-refractivity contribution in [2.24, 2.45) is 5.41 Å². The molecule has 2 heterocycles. The van der Waals surface area contributed by atoms with Crippen molar-refractivity contribution in [2.75, 3.05) is 6.54 Å². The Morgan fingerprint density at radius 3 is 2.84 bits per heavy atom. The van der Waals surface area contributed by atoms with E-state index in [1.165, 1.54) is 5.56 Å². The zero-order valence-electron chi connectivity index (χ0n) is 11.3. The Kier molecular flexibility index (Phi) is 3.94. The fourth-order valence-electron chi connectivity index (χ4n) is 2.43. The minimum atomic E-state index is -1.00. The quantitative estimate of drug-likeness (QED) is 0.923. The van der Waals surface area contributed by atoms with Gasteiger partial charge < -0.3 is 10.0 Å². The molecule has 1 aromatic heterocycles. The van der Waals surface area contributed by atoms with Gasteiger partial charge in [-0.2, -0.15) is 11.3 Å². The van der Waals surface area contributed by atoms with E-state index in [0.29, 0.717) is 0 Å². The lowest BCUT2D eigenvalue weighted by atomic mass is 9.89. The molecule has 4 nitrogen and oxygen atoms in total. The minimum absolute atomic E-state index is 0.0545. The van der Waals surface area contributed by atoms with Gasteiger partial charge in [-0.3, -0.25) is 9.59 Å². The molecule has 1 saturated heterocycles. The summed E-state index contributed by atoms with van der Waals surface area (Å²) in [5.74, 6) is -0.978. The molecule has 2 rings (SSSR count). The summed E-state index contributed by atoms with van der Waals surface area (Å²) >= 11 is 1.63. The first-order valence-corrected chi connectivity index (χ1v) is 7.41. The number of hydrogen-bond acceptors (Lipinski definition) is 3. The predicted molar refractivity (Wildman–Crippen MR) is 74.0 cm³/mol.